The van der Waals surface area contributed by atoms with Crippen molar-refractivity contribution in [3.63, 3.8) is 0 Å². The number of allylic oxidation sites excluding steroid dienone is 1. The maximum absolute atomic E-state index is 15.6. The van der Waals surface area contributed by atoms with Crippen LogP contribution in [0.5, 0.6) is 5.75 Å². The zero-order chi connectivity index (χ0) is 28.0. The van der Waals surface area contributed by atoms with Crippen LogP contribution in [0.1, 0.15) is 65.5 Å². The van der Waals surface area contributed by atoms with Gasteiger partial charge in [-0.3, -0.25) is 0 Å². The Hall–Kier alpha value is -3.08. The number of aryl methyl sites for hydroxylation is 2. The smallest absolute Gasteiger partial charge is 0.294 e. The maximum atomic E-state index is 15.6. The molecule has 0 saturated carbocycles. The van der Waals surface area contributed by atoms with E-state index in [-0.39, 0.29) is 0 Å². The van der Waals surface area contributed by atoms with Gasteiger partial charge >= 0.3 is 0 Å². The largest absolute Gasteiger partial charge is 0.495 e. The van der Waals surface area contributed by atoms with Gasteiger partial charge < -0.3 is 9.47 Å². The highest BCUT2D eigenvalue weighted by atomic mass is 19.1. The van der Waals surface area contributed by atoms with Crippen LogP contribution in [-0.4, -0.2) is 17.8 Å². The van der Waals surface area contributed by atoms with Crippen molar-refractivity contribution in [1.29, 1.82) is 0 Å². The molecule has 0 spiro atoms. The monoisotopic (exact) mass is 521 g/mol. The molecule has 3 aromatic rings. The predicted molar refractivity (Wildman–Crippen MR) is 154 cm³/mol. The molecule has 5 heteroatoms. The first-order valence-corrected chi connectivity index (χ1v) is 13.8. The lowest BCUT2D eigenvalue weighted by molar-refractivity contribution is -0.659. The van der Waals surface area contributed by atoms with E-state index in [0.717, 1.165) is 41.2 Å². The molecule has 0 aliphatic carbocycles. The van der Waals surface area contributed by atoms with Crippen LogP contribution in [0, 0.1) is 24.7 Å². The third-order valence-electron chi connectivity index (χ3n) is 7.16. The molecule has 2 aromatic carbocycles. The Morgan fingerprint density at radius 2 is 1.76 bits per heavy atom. The topological polar surface area (TPSA) is 27.3 Å². The molecule has 0 fully saturated rings. The Labute approximate surface area is 229 Å². The third-order valence-corrected chi connectivity index (χ3v) is 7.16. The fourth-order valence-electron chi connectivity index (χ4n) is 4.94. The lowest BCUT2D eigenvalue weighted by Crippen LogP contribution is -2.30. The molecule has 0 aliphatic rings. The van der Waals surface area contributed by atoms with Crippen molar-refractivity contribution in [3.05, 3.63) is 78.3 Å². The number of aromatic nitrogens is 2. The average Bonchev–Trinajstić information content (AvgIpc) is 3.22. The zero-order valence-corrected chi connectivity index (χ0v) is 24.6. The Kier molecular flexibility index (Phi) is 9.81. The standard InChI is InChI=1S/C33H46FN2O2/c1-23(2)14-16-28(24(3)4)26(6)37-20-21-38-27-15-17-29(30(22-27)33(7,8)34)32-35(9)18-19-36(32)31-13-11-10-12-25(31)5/h10-13,15,17-19,22-24,28H,6,14,16,20-21H2,1-5,7-9H3/q+1. The summed E-state index contributed by atoms with van der Waals surface area (Å²) in [5.74, 6) is 3.83. The summed E-state index contributed by atoms with van der Waals surface area (Å²) < 4.78 is 31.7. The minimum Gasteiger partial charge on any atom is -0.495 e. The number of rotatable bonds is 13. The molecular weight excluding hydrogens is 475 g/mol. The SMILES string of the molecule is C=C(OCCOc1ccc(-c2n(-c3ccccc3C)cc[n+]2C)c(C(C)(C)F)c1)C(CCC(C)C)C(C)C. The van der Waals surface area contributed by atoms with Gasteiger partial charge in [-0.25, -0.2) is 8.96 Å². The molecule has 1 unspecified atom stereocenters. The highest BCUT2D eigenvalue weighted by Crippen LogP contribution is 2.37. The number of halogens is 1. The molecule has 1 heterocycles. The van der Waals surface area contributed by atoms with Gasteiger partial charge in [0.1, 0.15) is 42.7 Å². The third kappa shape index (κ3) is 7.27. The number of nitrogens with zero attached hydrogens (tertiary/aromatic N) is 2. The summed E-state index contributed by atoms with van der Waals surface area (Å²) in [4.78, 5) is 0. The van der Waals surface area contributed by atoms with Crippen LogP contribution < -0.4 is 9.30 Å². The van der Waals surface area contributed by atoms with E-state index in [1.165, 1.54) is 0 Å². The molecular formula is C33H46FN2O2+. The first-order chi connectivity index (χ1) is 17.9. The van der Waals surface area contributed by atoms with Crippen molar-refractivity contribution < 1.29 is 18.4 Å². The van der Waals surface area contributed by atoms with Crippen molar-refractivity contribution >= 4 is 0 Å². The minimum atomic E-state index is -1.56. The van der Waals surface area contributed by atoms with Gasteiger partial charge in [0.05, 0.1) is 18.4 Å². The van der Waals surface area contributed by atoms with Gasteiger partial charge in [0.15, 0.2) is 0 Å². The van der Waals surface area contributed by atoms with Gasteiger partial charge in [-0.15, -0.1) is 0 Å². The Balaban J connectivity index is 1.78. The van der Waals surface area contributed by atoms with Crippen molar-refractivity contribution in [2.75, 3.05) is 13.2 Å². The number of imidazole rings is 1. The van der Waals surface area contributed by atoms with Gasteiger partial charge in [-0.2, -0.15) is 4.57 Å². The average molecular weight is 522 g/mol. The summed E-state index contributed by atoms with van der Waals surface area (Å²) in [5.41, 5.74) is 2.06. The van der Waals surface area contributed by atoms with Crippen molar-refractivity contribution in [2.45, 2.75) is 67.0 Å². The fourth-order valence-corrected chi connectivity index (χ4v) is 4.94. The molecule has 0 N–H and O–H groups in total. The summed E-state index contributed by atoms with van der Waals surface area (Å²) in [5, 5.41) is 0. The summed E-state index contributed by atoms with van der Waals surface area (Å²) in [6, 6.07) is 13.9. The second-order valence-corrected chi connectivity index (χ2v) is 11.6. The summed E-state index contributed by atoms with van der Waals surface area (Å²) in [6.07, 6.45) is 6.25. The number of ether oxygens (including phenoxy) is 2. The quantitative estimate of drug-likeness (QED) is 0.129. The molecule has 1 aromatic heterocycles. The Morgan fingerprint density at radius 3 is 2.39 bits per heavy atom. The molecule has 0 amide bonds. The first-order valence-electron chi connectivity index (χ1n) is 13.8. The van der Waals surface area contributed by atoms with E-state index in [2.05, 4.69) is 57.9 Å². The van der Waals surface area contributed by atoms with Crippen molar-refractivity contribution in [1.82, 2.24) is 4.57 Å². The minimum absolute atomic E-state index is 0.334. The van der Waals surface area contributed by atoms with Gasteiger partial charge in [0, 0.05) is 11.5 Å². The maximum Gasteiger partial charge on any atom is 0.294 e. The molecule has 206 valence electrons. The van der Waals surface area contributed by atoms with E-state index in [9.17, 15) is 0 Å². The molecule has 0 saturated heterocycles. The highest BCUT2D eigenvalue weighted by Gasteiger charge is 2.30. The molecule has 0 bridgehead atoms. The second kappa shape index (κ2) is 12.6. The van der Waals surface area contributed by atoms with Crippen LogP contribution in [-0.2, 0) is 17.5 Å². The molecule has 1 atom stereocenters. The first kappa shape index (κ1) is 29.5. The van der Waals surface area contributed by atoms with Crippen LogP contribution in [0.2, 0.25) is 0 Å². The molecule has 3 rings (SSSR count). The summed E-state index contributed by atoms with van der Waals surface area (Å²) >= 11 is 0. The van der Waals surface area contributed by atoms with Crippen molar-refractivity contribution in [3.8, 4) is 22.8 Å². The number of alkyl halides is 1. The number of hydrogen-bond acceptors (Lipinski definition) is 2. The molecule has 38 heavy (non-hydrogen) atoms. The lowest BCUT2D eigenvalue weighted by atomic mass is 9.87. The van der Waals surface area contributed by atoms with Crippen LogP contribution in [0.15, 0.2) is 67.2 Å². The lowest BCUT2D eigenvalue weighted by Gasteiger charge is -2.24. The molecule has 4 nitrogen and oxygen atoms in total. The summed E-state index contributed by atoms with van der Waals surface area (Å²) in [6.45, 7) is 19.2. The van der Waals surface area contributed by atoms with E-state index in [1.54, 1.807) is 13.8 Å². The normalized spacial score (nSPS) is 12.7. The van der Waals surface area contributed by atoms with Crippen LogP contribution in [0.3, 0.4) is 0 Å². The van der Waals surface area contributed by atoms with E-state index >= 15 is 4.39 Å². The molecule has 0 aliphatic heterocycles. The highest BCUT2D eigenvalue weighted by molar-refractivity contribution is 5.64. The zero-order valence-electron chi connectivity index (χ0n) is 24.6. The van der Waals surface area contributed by atoms with E-state index in [4.69, 9.17) is 9.47 Å². The second-order valence-electron chi connectivity index (χ2n) is 11.6. The van der Waals surface area contributed by atoms with E-state index < -0.39 is 5.67 Å². The Bertz CT molecular complexity index is 1220. The van der Waals surface area contributed by atoms with Gasteiger partial charge in [0.2, 0.25) is 0 Å². The van der Waals surface area contributed by atoms with Crippen LogP contribution in [0.25, 0.3) is 17.1 Å². The number of benzene rings is 2. The molecule has 0 radical (unpaired) electrons. The van der Waals surface area contributed by atoms with E-state index in [0.29, 0.717) is 42.3 Å². The van der Waals surface area contributed by atoms with Gasteiger partial charge in [-0.05, 0) is 68.9 Å². The van der Waals surface area contributed by atoms with Crippen LogP contribution in [0.4, 0.5) is 4.39 Å². The number of hydrogen-bond donors (Lipinski definition) is 0. The van der Waals surface area contributed by atoms with Gasteiger partial charge in [0.25, 0.3) is 5.82 Å². The van der Waals surface area contributed by atoms with Crippen molar-refractivity contribution in [2.24, 2.45) is 24.8 Å². The predicted octanol–water partition coefficient (Wildman–Crippen LogP) is 8.10. The Morgan fingerprint density at radius 1 is 1.05 bits per heavy atom. The van der Waals surface area contributed by atoms with Crippen LogP contribution >= 0.6 is 0 Å². The van der Waals surface area contributed by atoms with Gasteiger partial charge in [-0.1, -0.05) is 58.9 Å². The summed E-state index contributed by atoms with van der Waals surface area (Å²) in [7, 11) is 1.99. The van der Waals surface area contributed by atoms with E-state index in [1.807, 2.05) is 54.3 Å². The number of para-hydroxylation sites is 1. The fraction of sp³-hybridized carbons (Fsp3) is 0.485.